The highest BCUT2D eigenvalue weighted by Gasteiger charge is 2.85. The average Bonchev–Trinajstić information content (AvgIpc) is 2.22. The van der Waals surface area contributed by atoms with E-state index in [0.717, 1.165) is 48.2 Å². The van der Waals surface area contributed by atoms with Crippen LogP contribution in [0.5, 0.6) is 11.6 Å². The molecule has 19 nitrogen and oxygen atoms in total. The first-order chi connectivity index (χ1) is 37.6. The van der Waals surface area contributed by atoms with E-state index >= 15 is 4.39 Å². The summed E-state index contributed by atoms with van der Waals surface area (Å²) in [4.78, 5) is 38.8. The lowest BCUT2D eigenvalue weighted by atomic mass is 10.0. The Bertz CT molecular complexity index is 3660. The summed E-state index contributed by atoms with van der Waals surface area (Å²) < 4.78 is 94.9. The maximum atomic E-state index is 15.0. The summed E-state index contributed by atoms with van der Waals surface area (Å²) in [6, 6.07) is 5.89. The lowest BCUT2D eigenvalue weighted by molar-refractivity contribution is -0.275. The van der Waals surface area contributed by atoms with Gasteiger partial charge in [-0.15, -0.1) is 35.8 Å². The highest BCUT2D eigenvalue weighted by molar-refractivity contribution is 7.92. The van der Waals surface area contributed by atoms with Crippen LogP contribution >= 0.6 is 22.7 Å². The van der Waals surface area contributed by atoms with Gasteiger partial charge >= 0.3 is 6.36 Å². The number of aliphatic hydroxyl groups excluding tert-OH is 1. The number of aliphatic hydroxyl groups is 3. The van der Waals surface area contributed by atoms with Crippen molar-refractivity contribution in [2.45, 2.75) is 139 Å². The molecular weight excluding hydrogens is 1090 g/mol. The average molecular weight is 1150 g/mol. The van der Waals surface area contributed by atoms with Gasteiger partial charge in [0.1, 0.15) is 44.0 Å². The summed E-state index contributed by atoms with van der Waals surface area (Å²) >= 11 is 2.64. The Kier molecular flexibility index (Phi) is 13.2. The van der Waals surface area contributed by atoms with E-state index in [4.69, 9.17) is 34.6 Å². The number of anilines is 4. The van der Waals surface area contributed by atoms with Crippen molar-refractivity contribution in [1.29, 1.82) is 0 Å². The first-order valence-electron chi connectivity index (χ1n) is 26.5. The number of hydrogen-bond donors (Lipinski definition) is 7. The highest BCUT2D eigenvalue weighted by Crippen LogP contribution is 2.66. The summed E-state index contributed by atoms with van der Waals surface area (Å²) in [6.07, 6.45) is 2.99. The van der Waals surface area contributed by atoms with Crippen LogP contribution in [0.25, 0.3) is 41.6 Å². The minimum atomic E-state index is -5.10. The summed E-state index contributed by atoms with van der Waals surface area (Å²) in [5.41, 5.74) is -1.87. The third kappa shape index (κ3) is 9.71. The fraction of sp³-hybridized carbons (Fsp3) is 0.509. The number of aromatic nitrogens is 8. The van der Waals surface area contributed by atoms with Gasteiger partial charge in [0.2, 0.25) is 17.8 Å². The summed E-state index contributed by atoms with van der Waals surface area (Å²) in [6.45, 7) is 9.35. The van der Waals surface area contributed by atoms with Crippen molar-refractivity contribution in [2.75, 3.05) is 33.6 Å². The molecule has 6 aromatic heterocycles. The fourth-order valence-corrected chi connectivity index (χ4v) is 15.8. The summed E-state index contributed by atoms with van der Waals surface area (Å²) in [7, 11) is -3.94. The van der Waals surface area contributed by atoms with Crippen molar-refractivity contribution in [2.24, 2.45) is 17.8 Å². The number of ether oxygens (including phenoxy) is 2. The predicted octanol–water partition coefficient (Wildman–Crippen LogP) is 9.56. The Hall–Kier alpha value is -6.19. The number of pyridine rings is 2. The van der Waals surface area contributed by atoms with Crippen molar-refractivity contribution in [3.63, 3.8) is 0 Å². The van der Waals surface area contributed by atoms with Crippen LogP contribution in [0.15, 0.2) is 42.7 Å². The molecule has 418 valence electrons. The first kappa shape index (κ1) is 53.5. The maximum Gasteiger partial charge on any atom is 0.573 e. The van der Waals surface area contributed by atoms with Crippen molar-refractivity contribution in [3.05, 3.63) is 71.2 Å². The monoisotopic (exact) mass is 1150 g/mol. The Morgan fingerprint density at radius 3 is 2.13 bits per heavy atom. The van der Waals surface area contributed by atoms with Gasteiger partial charge in [-0.3, -0.25) is 4.98 Å². The number of fused-ring (bicyclic) bond motifs is 3. The normalized spacial score (nSPS) is 26.1. The Morgan fingerprint density at radius 1 is 0.823 bits per heavy atom. The molecule has 6 heterocycles. The van der Waals surface area contributed by atoms with Crippen LogP contribution in [-0.2, 0) is 9.84 Å². The number of halogens is 4. The molecule has 26 heteroatoms. The van der Waals surface area contributed by atoms with Gasteiger partial charge in [0.05, 0.1) is 43.7 Å². The molecule has 5 aliphatic rings. The van der Waals surface area contributed by atoms with E-state index in [0.29, 0.717) is 74.0 Å². The Balaban J connectivity index is 0.934. The zero-order valence-electron chi connectivity index (χ0n) is 43.7. The number of nitrogens with zero attached hydrogens (tertiary/aromatic N) is 8. The third-order valence-corrected chi connectivity index (χ3v) is 20.6. The van der Waals surface area contributed by atoms with Crippen LogP contribution in [0, 0.1) is 37.4 Å². The molecule has 5 aliphatic carbocycles. The van der Waals surface area contributed by atoms with E-state index in [9.17, 15) is 36.9 Å². The van der Waals surface area contributed by atoms with E-state index in [2.05, 4.69) is 36.0 Å². The Morgan fingerprint density at radius 2 is 1.48 bits per heavy atom. The number of rotatable bonds is 19. The molecule has 0 amide bonds. The molecule has 8 unspecified atom stereocenters. The number of benzene rings is 1. The van der Waals surface area contributed by atoms with Gasteiger partial charge in [-0.05, 0) is 114 Å². The molecule has 79 heavy (non-hydrogen) atoms. The minimum Gasteiger partial charge on any atom is -0.463 e. The zero-order chi connectivity index (χ0) is 55.6. The van der Waals surface area contributed by atoms with E-state index < -0.39 is 68.1 Å². The van der Waals surface area contributed by atoms with Gasteiger partial charge < -0.3 is 46.1 Å². The molecule has 12 rings (SSSR count). The van der Waals surface area contributed by atoms with Gasteiger partial charge in [-0.2, -0.15) is 9.97 Å². The second-order valence-electron chi connectivity index (χ2n) is 21.6. The molecule has 5 saturated carbocycles. The summed E-state index contributed by atoms with van der Waals surface area (Å²) in [5, 5.41) is 49.3. The number of thiazole rings is 2. The summed E-state index contributed by atoms with van der Waals surface area (Å²) in [5.74, 6) is -1.97. The molecule has 0 bridgehead atoms. The molecule has 8 atom stereocenters. The van der Waals surface area contributed by atoms with Crippen molar-refractivity contribution in [3.8, 4) is 32.8 Å². The molecule has 7 N–H and O–H groups in total. The van der Waals surface area contributed by atoms with Gasteiger partial charge in [0, 0.05) is 36.5 Å². The van der Waals surface area contributed by atoms with Crippen molar-refractivity contribution < 1.29 is 50.8 Å². The third-order valence-electron chi connectivity index (χ3n) is 16.2. The van der Waals surface area contributed by atoms with Crippen molar-refractivity contribution >= 4 is 76.5 Å². The zero-order valence-corrected chi connectivity index (χ0v) is 46.1. The van der Waals surface area contributed by atoms with Crippen LogP contribution in [0.4, 0.5) is 41.1 Å². The Labute approximate surface area is 459 Å². The molecule has 0 radical (unpaired) electrons. The van der Waals surface area contributed by atoms with Crippen LogP contribution in [-0.4, -0.2) is 111 Å². The minimum absolute atomic E-state index is 0.00505. The first-order valence-corrected chi connectivity index (χ1v) is 29.9. The molecule has 0 saturated heterocycles. The lowest BCUT2D eigenvalue weighted by Gasteiger charge is -2.36. The molecule has 1 aromatic carbocycles. The standard InChI is InChI=1S/C53H58F4N12O7S3/c1-6-28-14-18-50(71,41(28)70)68-43-36(25(4)62-48(66-43)60-23-27-8-9-27)47-65-40-35(78-47)17-21-59-45(40)76-52-31(42(52)79(73,74)7-2)15-19-51(52,72)69-44-37(46-64-39-34(77-46)16-20-58-38(39)29-10-11-29)26(5)63-49(67-44)61-24(3)30-12-13-33(32(54)22-30)75-53(55,56)57/h12-13,16-17,20-22,24,27-29,31,41-42,70-72H,6-11,14-15,18-19,23H2,1-5H3,(H2,60,62,66,68)(H2,61,63,67,69). The smallest absolute Gasteiger partial charge is 0.463 e. The number of hydrogen-bond acceptors (Lipinski definition) is 21. The highest BCUT2D eigenvalue weighted by atomic mass is 32.2. The van der Waals surface area contributed by atoms with E-state index in [1.807, 2.05) is 19.9 Å². The number of alkyl halides is 3. The van der Waals surface area contributed by atoms with Gasteiger partial charge in [0.15, 0.2) is 38.5 Å². The molecular formula is C53H58F4N12O7S3. The largest absolute Gasteiger partial charge is 0.573 e. The maximum absolute atomic E-state index is 15.0. The van der Waals surface area contributed by atoms with Crippen LogP contribution in [0.1, 0.15) is 113 Å². The van der Waals surface area contributed by atoms with Gasteiger partial charge in [-0.25, -0.2) is 37.7 Å². The van der Waals surface area contributed by atoms with E-state index in [1.54, 1.807) is 26.1 Å². The fourth-order valence-electron chi connectivity index (χ4n) is 11.6. The molecule has 0 aliphatic heterocycles. The van der Waals surface area contributed by atoms with Crippen molar-refractivity contribution in [1.82, 2.24) is 39.9 Å². The molecule has 7 aromatic rings. The topological polar surface area (TPSA) is 265 Å². The van der Waals surface area contributed by atoms with Gasteiger partial charge in [0.25, 0.3) is 0 Å². The van der Waals surface area contributed by atoms with Crippen LogP contribution in [0.2, 0.25) is 0 Å². The second kappa shape index (κ2) is 19.5. The van der Waals surface area contributed by atoms with Crippen LogP contribution in [0.3, 0.4) is 0 Å². The SMILES string of the molecule is CCC1CCC(O)(Nc2nc(NCC3CC3)nc(C)c2-c2nc3c(OC45C(CCC4(O)Nc4nc(NC(C)c6ccc(OC(F)(F)F)c(F)c6)nc(C)c4-c4nc6c(C7CC7)nccc6s4)C5S(=O)(=O)CC)nccc3s2)C1O. The molecule has 0 spiro atoms. The van der Waals surface area contributed by atoms with Crippen LogP contribution < -0.4 is 30.7 Å². The van der Waals surface area contributed by atoms with E-state index in [-0.39, 0.29) is 71.4 Å². The predicted molar refractivity (Wildman–Crippen MR) is 290 cm³/mol. The van der Waals surface area contributed by atoms with Gasteiger partial charge in [-0.1, -0.05) is 26.3 Å². The number of nitrogens with one attached hydrogen (secondary N) is 4. The number of sulfone groups is 1. The number of aryl methyl sites for hydroxylation is 2. The molecule has 5 fully saturated rings. The quantitative estimate of drug-likeness (QED) is 0.0293. The lowest BCUT2D eigenvalue weighted by Crippen LogP contribution is -2.56. The second-order valence-corrected chi connectivity index (χ2v) is 26.0. The van der Waals surface area contributed by atoms with E-state index in [1.165, 1.54) is 41.9 Å².